The zero-order chi connectivity index (χ0) is 11.5. The average Bonchev–Trinajstić information content (AvgIpc) is 2.17. The van der Waals surface area contributed by atoms with Crippen molar-refractivity contribution in [3.63, 3.8) is 0 Å². The molecule has 1 rings (SSSR count). The highest BCUT2D eigenvalue weighted by atomic mass is 32.2. The first-order chi connectivity index (χ1) is 6.95. The Morgan fingerprint density at radius 1 is 1.40 bits per heavy atom. The molecular weight excluding hydrogens is 214 g/mol. The van der Waals surface area contributed by atoms with Crippen LogP contribution in [0.2, 0.25) is 0 Å². The van der Waals surface area contributed by atoms with Crippen LogP contribution in [-0.4, -0.2) is 31.7 Å². The van der Waals surface area contributed by atoms with Crippen molar-refractivity contribution in [2.75, 3.05) is 13.3 Å². The number of hydrogen-bond donors (Lipinski definition) is 1. The fourth-order valence-corrected chi connectivity index (χ4v) is 1.57. The van der Waals surface area contributed by atoms with Gasteiger partial charge in [-0.05, 0) is 14.0 Å². The summed E-state index contributed by atoms with van der Waals surface area (Å²) in [5.74, 6) is 0.345. The maximum Gasteiger partial charge on any atom is 0.157 e. The molecule has 1 aromatic rings. The molecule has 0 bridgehead atoms. The lowest BCUT2D eigenvalue weighted by Gasteiger charge is -2.07. The van der Waals surface area contributed by atoms with E-state index in [-0.39, 0.29) is 0 Å². The predicted octanol–water partition coefficient (Wildman–Crippen LogP) is 0.302. The lowest BCUT2D eigenvalue weighted by atomic mass is 10.3. The molecule has 0 saturated heterocycles. The molecule has 0 aromatic carbocycles. The number of hydrogen-bond acceptors (Lipinski definition) is 5. The highest BCUT2D eigenvalue weighted by Crippen LogP contribution is 2.16. The molecule has 0 amide bonds. The standard InChI is InChI=1S/C9H15N3O2S/c1-7(15(3,13)14)9-11-5-8(4-10-2)6-12-9/h5-7,10H,4H2,1-3H3. The van der Waals surface area contributed by atoms with Gasteiger partial charge in [0.2, 0.25) is 0 Å². The van der Waals surface area contributed by atoms with Crippen molar-refractivity contribution in [2.24, 2.45) is 0 Å². The lowest BCUT2D eigenvalue weighted by molar-refractivity contribution is 0.589. The first kappa shape index (κ1) is 12.1. The van der Waals surface area contributed by atoms with Crippen LogP contribution in [0.15, 0.2) is 12.4 Å². The summed E-state index contributed by atoms with van der Waals surface area (Å²) in [6.45, 7) is 2.26. The van der Waals surface area contributed by atoms with E-state index in [0.717, 1.165) is 5.56 Å². The Kier molecular flexibility index (Phi) is 3.76. The van der Waals surface area contributed by atoms with Gasteiger partial charge in [0, 0.05) is 30.8 Å². The van der Waals surface area contributed by atoms with Crippen LogP contribution < -0.4 is 5.32 Å². The molecule has 15 heavy (non-hydrogen) atoms. The van der Waals surface area contributed by atoms with Gasteiger partial charge in [-0.2, -0.15) is 0 Å². The molecule has 0 fully saturated rings. The van der Waals surface area contributed by atoms with Gasteiger partial charge in [-0.3, -0.25) is 0 Å². The van der Waals surface area contributed by atoms with Gasteiger partial charge in [-0.15, -0.1) is 0 Å². The normalized spacial score (nSPS) is 13.8. The van der Waals surface area contributed by atoms with Crippen LogP contribution in [0.1, 0.15) is 23.6 Å². The number of rotatable bonds is 4. The van der Waals surface area contributed by atoms with Gasteiger partial charge >= 0.3 is 0 Å². The minimum Gasteiger partial charge on any atom is -0.316 e. The Balaban J connectivity index is 2.89. The predicted molar refractivity (Wildman–Crippen MR) is 58.1 cm³/mol. The van der Waals surface area contributed by atoms with Crippen molar-refractivity contribution in [1.82, 2.24) is 15.3 Å². The molecule has 1 heterocycles. The summed E-state index contributed by atoms with van der Waals surface area (Å²) in [6.07, 6.45) is 4.46. The van der Waals surface area contributed by atoms with Crippen LogP contribution in [0.25, 0.3) is 0 Å². The van der Waals surface area contributed by atoms with Crippen molar-refractivity contribution in [2.45, 2.75) is 18.7 Å². The second kappa shape index (κ2) is 4.67. The van der Waals surface area contributed by atoms with Gasteiger partial charge < -0.3 is 5.32 Å². The summed E-state index contributed by atoms with van der Waals surface area (Å²) in [4.78, 5) is 8.07. The summed E-state index contributed by atoms with van der Waals surface area (Å²) in [6, 6.07) is 0. The average molecular weight is 229 g/mol. The van der Waals surface area contributed by atoms with E-state index < -0.39 is 15.1 Å². The van der Waals surface area contributed by atoms with E-state index in [1.54, 1.807) is 19.3 Å². The monoisotopic (exact) mass is 229 g/mol. The van der Waals surface area contributed by atoms with Gasteiger partial charge in [0.1, 0.15) is 11.1 Å². The molecule has 6 heteroatoms. The maximum absolute atomic E-state index is 11.2. The fourth-order valence-electron chi connectivity index (χ4n) is 1.06. The summed E-state index contributed by atoms with van der Waals surface area (Å²) < 4.78 is 22.5. The third kappa shape index (κ3) is 3.24. The van der Waals surface area contributed by atoms with Gasteiger partial charge in [-0.25, -0.2) is 18.4 Å². The van der Waals surface area contributed by atoms with Crippen LogP contribution in [-0.2, 0) is 16.4 Å². The van der Waals surface area contributed by atoms with Crippen LogP contribution in [0.3, 0.4) is 0 Å². The molecule has 0 aliphatic carbocycles. The Labute approximate surface area is 89.9 Å². The number of nitrogens with one attached hydrogen (secondary N) is 1. The zero-order valence-electron chi connectivity index (χ0n) is 9.06. The van der Waals surface area contributed by atoms with Gasteiger partial charge in [0.25, 0.3) is 0 Å². The quantitative estimate of drug-likeness (QED) is 0.804. The molecule has 0 saturated carbocycles. The topological polar surface area (TPSA) is 72.0 Å². The Bertz CT molecular complexity index is 413. The first-order valence-corrected chi connectivity index (χ1v) is 6.55. The Hall–Kier alpha value is -1.01. The maximum atomic E-state index is 11.2. The Morgan fingerprint density at radius 3 is 2.33 bits per heavy atom. The molecule has 5 nitrogen and oxygen atoms in total. The summed E-state index contributed by atoms with van der Waals surface area (Å²) >= 11 is 0. The lowest BCUT2D eigenvalue weighted by Crippen LogP contribution is -2.12. The third-order valence-corrected chi connectivity index (χ3v) is 3.61. The van der Waals surface area contributed by atoms with Crippen molar-refractivity contribution >= 4 is 9.84 Å². The molecule has 0 aliphatic heterocycles. The van der Waals surface area contributed by atoms with Crippen LogP contribution in [0.4, 0.5) is 0 Å². The van der Waals surface area contributed by atoms with E-state index in [0.29, 0.717) is 12.4 Å². The smallest absolute Gasteiger partial charge is 0.157 e. The van der Waals surface area contributed by atoms with E-state index in [1.165, 1.54) is 6.26 Å². The highest BCUT2D eigenvalue weighted by Gasteiger charge is 2.19. The van der Waals surface area contributed by atoms with E-state index in [1.807, 2.05) is 7.05 Å². The molecule has 0 radical (unpaired) electrons. The van der Waals surface area contributed by atoms with Gasteiger partial charge in [-0.1, -0.05) is 0 Å². The van der Waals surface area contributed by atoms with E-state index in [4.69, 9.17) is 0 Å². The SMILES string of the molecule is CNCc1cnc(C(C)S(C)(=O)=O)nc1. The minimum atomic E-state index is -3.12. The van der Waals surface area contributed by atoms with Crippen molar-refractivity contribution in [3.8, 4) is 0 Å². The van der Waals surface area contributed by atoms with Gasteiger partial charge in [0.15, 0.2) is 9.84 Å². The van der Waals surface area contributed by atoms with Crippen molar-refractivity contribution < 1.29 is 8.42 Å². The third-order valence-electron chi connectivity index (χ3n) is 2.11. The number of sulfone groups is 1. The summed E-state index contributed by atoms with van der Waals surface area (Å²) in [7, 11) is -1.30. The molecular formula is C9H15N3O2S. The van der Waals surface area contributed by atoms with Crippen LogP contribution >= 0.6 is 0 Å². The van der Waals surface area contributed by atoms with Gasteiger partial charge in [0.05, 0.1) is 0 Å². The van der Waals surface area contributed by atoms with Crippen molar-refractivity contribution in [3.05, 3.63) is 23.8 Å². The van der Waals surface area contributed by atoms with E-state index in [9.17, 15) is 8.42 Å². The minimum absolute atomic E-state index is 0.345. The number of aromatic nitrogens is 2. The zero-order valence-corrected chi connectivity index (χ0v) is 9.87. The largest absolute Gasteiger partial charge is 0.316 e. The number of nitrogens with zero attached hydrogens (tertiary/aromatic N) is 2. The molecule has 1 N–H and O–H groups in total. The Morgan fingerprint density at radius 2 is 1.93 bits per heavy atom. The summed E-state index contributed by atoms with van der Waals surface area (Å²) in [5.41, 5.74) is 0.932. The van der Waals surface area contributed by atoms with Crippen molar-refractivity contribution in [1.29, 1.82) is 0 Å². The van der Waals surface area contributed by atoms with E-state index >= 15 is 0 Å². The highest BCUT2D eigenvalue weighted by molar-refractivity contribution is 7.90. The fraction of sp³-hybridized carbons (Fsp3) is 0.556. The van der Waals surface area contributed by atoms with Crippen LogP contribution in [0.5, 0.6) is 0 Å². The molecule has 0 spiro atoms. The summed E-state index contributed by atoms with van der Waals surface area (Å²) in [5, 5.41) is 2.31. The second-order valence-corrected chi connectivity index (χ2v) is 5.82. The van der Waals surface area contributed by atoms with E-state index in [2.05, 4.69) is 15.3 Å². The molecule has 1 aromatic heterocycles. The molecule has 84 valence electrons. The molecule has 0 aliphatic rings. The van der Waals surface area contributed by atoms with Crippen LogP contribution in [0, 0.1) is 0 Å². The molecule has 1 atom stereocenters. The molecule has 1 unspecified atom stereocenters. The second-order valence-electron chi connectivity index (χ2n) is 3.45. The first-order valence-electron chi connectivity index (χ1n) is 4.59.